The minimum absolute atomic E-state index is 0.333. The van der Waals surface area contributed by atoms with Gasteiger partial charge in [-0.3, -0.25) is 9.47 Å². The fourth-order valence-electron chi connectivity index (χ4n) is 0.487. The Balaban J connectivity index is 3.34. The molecule has 4 heteroatoms. The molecule has 0 aliphatic carbocycles. The molecule has 0 bridgehead atoms. The summed E-state index contributed by atoms with van der Waals surface area (Å²) in [5.74, 6) is 4.81. The molecule has 4 nitrogen and oxygen atoms in total. The number of pyridine rings is 1. The van der Waals surface area contributed by atoms with Crippen LogP contribution in [-0.4, -0.2) is 9.78 Å². The van der Waals surface area contributed by atoms with Crippen molar-refractivity contribution >= 4 is 0 Å². The lowest BCUT2D eigenvalue weighted by Gasteiger charge is -1.94. The molecule has 0 unspecified atom stereocenters. The van der Waals surface area contributed by atoms with E-state index in [2.05, 4.69) is 0 Å². The summed E-state index contributed by atoms with van der Waals surface area (Å²) in [7, 11) is 0. The van der Waals surface area contributed by atoms with E-state index < -0.39 is 5.43 Å². The summed E-state index contributed by atoms with van der Waals surface area (Å²) in [5.41, 5.74) is -0.420. The number of hydrogen-bond donors (Lipinski definition) is 2. The first-order valence-corrected chi connectivity index (χ1v) is 2.36. The molecule has 0 atom stereocenters. The van der Waals surface area contributed by atoms with Gasteiger partial charge in [-0.2, -0.15) is 0 Å². The average molecular weight is 126 g/mol. The van der Waals surface area contributed by atoms with Crippen LogP contribution in [0.2, 0.25) is 0 Å². The third-order valence-corrected chi connectivity index (χ3v) is 0.922. The van der Waals surface area contributed by atoms with Crippen molar-refractivity contribution in [1.29, 1.82) is 0 Å². The number of aromatic nitrogens is 1. The molecule has 0 aliphatic rings. The molecule has 0 saturated heterocycles. The summed E-state index contributed by atoms with van der Waals surface area (Å²) in [5, 5.41) is 8.69. The van der Waals surface area contributed by atoms with E-state index in [0.29, 0.717) is 0 Å². The van der Waals surface area contributed by atoms with Crippen molar-refractivity contribution in [1.82, 2.24) is 4.68 Å². The molecular weight excluding hydrogens is 120 g/mol. The van der Waals surface area contributed by atoms with Gasteiger partial charge in [0.1, 0.15) is 0 Å². The van der Waals surface area contributed by atoms with Gasteiger partial charge < -0.3 is 10.9 Å². The Morgan fingerprint density at radius 2 is 2.33 bits per heavy atom. The Kier molecular flexibility index (Phi) is 1.14. The smallest absolute Gasteiger partial charge is 0.223 e. The van der Waals surface area contributed by atoms with Gasteiger partial charge in [0, 0.05) is 12.3 Å². The predicted molar refractivity (Wildman–Crippen MR) is 32.5 cm³/mol. The van der Waals surface area contributed by atoms with Crippen LogP contribution in [0.25, 0.3) is 0 Å². The van der Waals surface area contributed by atoms with E-state index in [1.807, 2.05) is 0 Å². The zero-order valence-electron chi connectivity index (χ0n) is 4.61. The first kappa shape index (κ1) is 5.68. The number of nitrogen functional groups attached to an aromatic ring is 1. The van der Waals surface area contributed by atoms with Gasteiger partial charge in [0.05, 0.1) is 6.20 Å². The largest absolute Gasteiger partial charge is 0.503 e. The lowest BCUT2D eigenvalue weighted by Crippen LogP contribution is -2.11. The van der Waals surface area contributed by atoms with Crippen molar-refractivity contribution in [3.05, 3.63) is 28.7 Å². The molecule has 0 fully saturated rings. The maximum absolute atomic E-state index is 10.5. The zero-order valence-corrected chi connectivity index (χ0v) is 4.61. The molecule has 1 aromatic heterocycles. The quantitative estimate of drug-likeness (QED) is 0.450. The molecule has 1 rings (SSSR count). The van der Waals surface area contributed by atoms with Crippen LogP contribution in [0.4, 0.5) is 0 Å². The highest BCUT2D eigenvalue weighted by atomic mass is 16.3. The van der Waals surface area contributed by atoms with E-state index in [0.717, 1.165) is 10.9 Å². The highest BCUT2D eigenvalue weighted by molar-refractivity contribution is 5.14. The Labute approximate surface area is 51.1 Å². The predicted octanol–water partition coefficient (Wildman–Crippen LogP) is -0.732. The topological polar surface area (TPSA) is 68.2 Å². The molecule has 1 aromatic rings. The fraction of sp³-hybridized carbons (Fsp3) is 0. The van der Waals surface area contributed by atoms with Crippen LogP contribution < -0.4 is 11.3 Å². The first-order valence-electron chi connectivity index (χ1n) is 2.36. The summed E-state index contributed by atoms with van der Waals surface area (Å²) in [4.78, 5) is 10.5. The Morgan fingerprint density at radius 1 is 1.67 bits per heavy atom. The highest BCUT2D eigenvalue weighted by Gasteiger charge is 1.91. The van der Waals surface area contributed by atoms with Crippen LogP contribution in [-0.2, 0) is 0 Å². The van der Waals surface area contributed by atoms with E-state index in [9.17, 15) is 4.79 Å². The second-order valence-electron chi connectivity index (χ2n) is 1.64. The van der Waals surface area contributed by atoms with Crippen LogP contribution >= 0.6 is 0 Å². The van der Waals surface area contributed by atoms with Crippen LogP contribution in [0.15, 0.2) is 23.3 Å². The van der Waals surface area contributed by atoms with Crippen molar-refractivity contribution < 1.29 is 5.11 Å². The summed E-state index contributed by atoms with van der Waals surface area (Å²) in [6, 6.07) is 1.19. The number of hydrogen-bond acceptors (Lipinski definition) is 3. The molecule has 1 heterocycles. The van der Waals surface area contributed by atoms with Gasteiger partial charge >= 0.3 is 0 Å². The van der Waals surface area contributed by atoms with E-state index >= 15 is 0 Å². The highest BCUT2D eigenvalue weighted by Crippen LogP contribution is 1.93. The van der Waals surface area contributed by atoms with E-state index in [4.69, 9.17) is 10.9 Å². The van der Waals surface area contributed by atoms with Crippen molar-refractivity contribution in [3.8, 4) is 5.75 Å². The lowest BCUT2D eigenvalue weighted by molar-refractivity contribution is 0.464. The van der Waals surface area contributed by atoms with Gasteiger partial charge in [0.15, 0.2) is 5.75 Å². The summed E-state index contributed by atoms with van der Waals surface area (Å²) >= 11 is 0. The summed E-state index contributed by atoms with van der Waals surface area (Å²) in [6.07, 6.45) is 2.50. The Hall–Kier alpha value is -1.45. The van der Waals surface area contributed by atoms with Crippen molar-refractivity contribution in [2.45, 2.75) is 0 Å². The molecule has 9 heavy (non-hydrogen) atoms. The molecule has 0 spiro atoms. The number of rotatable bonds is 0. The zero-order chi connectivity index (χ0) is 6.85. The van der Waals surface area contributed by atoms with Gasteiger partial charge in [-0.15, -0.1) is 0 Å². The van der Waals surface area contributed by atoms with Crippen LogP contribution in [0.1, 0.15) is 0 Å². The number of aromatic hydroxyl groups is 1. The molecule has 3 N–H and O–H groups in total. The third-order valence-electron chi connectivity index (χ3n) is 0.922. The van der Waals surface area contributed by atoms with E-state index in [1.165, 1.54) is 12.3 Å². The number of nitrogens with two attached hydrogens (primary N) is 1. The maximum atomic E-state index is 10.5. The minimum atomic E-state index is -0.420. The molecule has 48 valence electrons. The first-order chi connectivity index (χ1) is 4.20. The summed E-state index contributed by atoms with van der Waals surface area (Å²) in [6.45, 7) is 0. The van der Waals surface area contributed by atoms with Crippen molar-refractivity contribution in [3.63, 3.8) is 0 Å². The monoisotopic (exact) mass is 126 g/mol. The standard InChI is InChI=1S/C5H6N2O2/c6-7-2-1-4(8)5(9)3-7/h1-3,9H,6H2. The number of nitrogens with zero attached hydrogens (tertiary/aromatic N) is 1. The van der Waals surface area contributed by atoms with Crippen LogP contribution in [0, 0.1) is 0 Å². The van der Waals surface area contributed by atoms with Crippen LogP contribution in [0.5, 0.6) is 5.75 Å². The second kappa shape index (κ2) is 1.81. The van der Waals surface area contributed by atoms with Crippen molar-refractivity contribution in [2.75, 3.05) is 5.84 Å². The molecule has 0 radical (unpaired) electrons. The minimum Gasteiger partial charge on any atom is -0.503 e. The molecule has 0 saturated carbocycles. The van der Waals surface area contributed by atoms with Crippen LogP contribution in [0.3, 0.4) is 0 Å². The maximum Gasteiger partial charge on any atom is 0.223 e. The van der Waals surface area contributed by atoms with Gasteiger partial charge in [-0.1, -0.05) is 0 Å². The fourth-order valence-corrected chi connectivity index (χ4v) is 0.487. The van der Waals surface area contributed by atoms with Gasteiger partial charge in [0.25, 0.3) is 0 Å². The van der Waals surface area contributed by atoms with Gasteiger partial charge in [-0.05, 0) is 0 Å². The van der Waals surface area contributed by atoms with Gasteiger partial charge in [-0.25, -0.2) is 0 Å². The Bertz CT molecular complexity index is 266. The molecular formula is C5H6N2O2. The van der Waals surface area contributed by atoms with Crippen molar-refractivity contribution in [2.24, 2.45) is 0 Å². The molecule has 0 aromatic carbocycles. The molecule has 0 aliphatic heterocycles. The SMILES string of the molecule is Nn1ccc(=O)c(O)c1. The summed E-state index contributed by atoms with van der Waals surface area (Å²) < 4.78 is 1.11. The average Bonchev–Trinajstić information content (AvgIpc) is 1.80. The third kappa shape index (κ3) is 1.02. The molecule has 0 amide bonds. The Morgan fingerprint density at radius 3 is 2.78 bits per heavy atom. The lowest BCUT2D eigenvalue weighted by atomic mass is 10.4. The second-order valence-corrected chi connectivity index (χ2v) is 1.64. The van der Waals surface area contributed by atoms with E-state index in [1.54, 1.807) is 0 Å². The van der Waals surface area contributed by atoms with Gasteiger partial charge in [0.2, 0.25) is 5.43 Å². The van der Waals surface area contributed by atoms with E-state index in [-0.39, 0.29) is 5.75 Å². The normalized spacial score (nSPS) is 9.33.